The summed E-state index contributed by atoms with van der Waals surface area (Å²) < 4.78 is 0. The number of rotatable bonds is 5. The van der Waals surface area contributed by atoms with E-state index in [-0.39, 0.29) is 6.03 Å². The SMILES string of the molecule is CN(Cc1cccnc1)C(=O)NCc1nnc(-c2ccccc2)s1. The second kappa shape index (κ2) is 7.65. The molecule has 1 N–H and O–H groups in total. The van der Waals surface area contributed by atoms with Gasteiger partial charge in [0.1, 0.15) is 10.0 Å². The molecule has 0 saturated heterocycles. The molecule has 0 aliphatic rings. The highest BCUT2D eigenvalue weighted by molar-refractivity contribution is 7.14. The van der Waals surface area contributed by atoms with Crippen molar-refractivity contribution in [2.75, 3.05) is 7.05 Å². The first-order chi connectivity index (χ1) is 11.7. The maximum atomic E-state index is 12.1. The maximum absolute atomic E-state index is 12.1. The second-order valence-corrected chi connectivity index (χ2v) is 6.31. The maximum Gasteiger partial charge on any atom is 0.317 e. The van der Waals surface area contributed by atoms with Crippen molar-refractivity contribution in [3.8, 4) is 10.6 Å². The van der Waals surface area contributed by atoms with Crippen LogP contribution in [0.25, 0.3) is 10.6 Å². The fraction of sp³-hybridized carbons (Fsp3) is 0.176. The Labute approximate surface area is 144 Å². The molecular weight excluding hydrogens is 322 g/mol. The Bertz CT molecular complexity index is 791. The van der Waals surface area contributed by atoms with E-state index in [4.69, 9.17) is 0 Å². The molecule has 0 aliphatic heterocycles. The van der Waals surface area contributed by atoms with Gasteiger partial charge in [-0.2, -0.15) is 0 Å². The van der Waals surface area contributed by atoms with Gasteiger partial charge in [0.25, 0.3) is 0 Å². The molecule has 6 nitrogen and oxygen atoms in total. The Balaban J connectivity index is 1.54. The van der Waals surface area contributed by atoms with E-state index >= 15 is 0 Å². The Morgan fingerprint density at radius 1 is 1.17 bits per heavy atom. The standard InChI is InChI=1S/C17H17N5OS/c1-22(12-13-6-5-9-18-10-13)17(23)19-11-15-20-21-16(24-15)14-7-3-2-4-8-14/h2-10H,11-12H2,1H3,(H,19,23). The highest BCUT2D eigenvalue weighted by Crippen LogP contribution is 2.22. The monoisotopic (exact) mass is 339 g/mol. The molecule has 3 rings (SSSR count). The number of nitrogens with zero attached hydrogens (tertiary/aromatic N) is 4. The largest absolute Gasteiger partial charge is 0.331 e. The number of carbonyl (C=O) groups is 1. The van der Waals surface area contributed by atoms with Gasteiger partial charge in [0, 0.05) is 31.5 Å². The summed E-state index contributed by atoms with van der Waals surface area (Å²) in [6, 6.07) is 13.5. The van der Waals surface area contributed by atoms with Crippen LogP contribution in [-0.4, -0.2) is 33.2 Å². The third kappa shape index (κ3) is 4.14. The van der Waals surface area contributed by atoms with Crippen molar-refractivity contribution in [3.63, 3.8) is 0 Å². The van der Waals surface area contributed by atoms with Crippen LogP contribution in [-0.2, 0) is 13.1 Å². The Morgan fingerprint density at radius 2 is 2.00 bits per heavy atom. The van der Waals surface area contributed by atoms with Crippen molar-refractivity contribution in [1.82, 2.24) is 25.4 Å². The molecule has 0 saturated carbocycles. The van der Waals surface area contributed by atoms with Crippen LogP contribution in [0.3, 0.4) is 0 Å². The van der Waals surface area contributed by atoms with E-state index in [0.717, 1.165) is 21.1 Å². The Kier molecular flexibility index (Phi) is 5.12. The zero-order chi connectivity index (χ0) is 16.8. The average Bonchev–Trinajstić information content (AvgIpc) is 3.10. The van der Waals surface area contributed by atoms with Gasteiger partial charge in [-0.3, -0.25) is 4.98 Å². The van der Waals surface area contributed by atoms with Gasteiger partial charge in [-0.1, -0.05) is 47.7 Å². The molecular formula is C17H17N5OS. The molecule has 7 heteroatoms. The predicted octanol–water partition coefficient (Wildman–Crippen LogP) is 2.94. The summed E-state index contributed by atoms with van der Waals surface area (Å²) in [7, 11) is 1.75. The summed E-state index contributed by atoms with van der Waals surface area (Å²) in [6.07, 6.45) is 3.46. The van der Waals surface area contributed by atoms with Crippen LogP contribution in [0.1, 0.15) is 10.6 Å². The van der Waals surface area contributed by atoms with E-state index in [1.807, 2.05) is 42.5 Å². The van der Waals surface area contributed by atoms with Crippen molar-refractivity contribution >= 4 is 17.4 Å². The number of carbonyl (C=O) groups excluding carboxylic acids is 1. The van der Waals surface area contributed by atoms with Crippen LogP contribution >= 0.6 is 11.3 Å². The fourth-order valence-electron chi connectivity index (χ4n) is 2.15. The molecule has 0 spiro atoms. The molecule has 24 heavy (non-hydrogen) atoms. The minimum absolute atomic E-state index is 0.157. The molecule has 0 fully saturated rings. The lowest BCUT2D eigenvalue weighted by Crippen LogP contribution is -2.36. The lowest BCUT2D eigenvalue weighted by molar-refractivity contribution is 0.206. The quantitative estimate of drug-likeness (QED) is 0.776. The van der Waals surface area contributed by atoms with Gasteiger partial charge in [-0.05, 0) is 11.6 Å². The van der Waals surface area contributed by atoms with Crippen LogP contribution in [0.2, 0.25) is 0 Å². The topological polar surface area (TPSA) is 71.0 Å². The zero-order valence-corrected chi connectivity index (χ0v) is 14.0. The number of pyridine rings is 1. The average molecular weight is 339 g/mol. The zero-order valence-electron chi connectivity index (χ0n) is 13.2. The minimum atomic E-state index is -0.157. The van der Waals surface area contributed by atoms with E-state index in [1.165, 1.54) is 11.3 Å². The van der Waals surface area contributed by atoms with Crippen molar-refractivity contribution in [2.45, 2.75) is 13.1 Å². The summed E-state index contributed by atoms with van der Waals surface area (Å²) in [6.45, 7) is 0.867. The predicted molar refractivity (Wildman–Crippen MR) is 93.3 cm³/mol. The molecule has 2 amide bonds. The van der Waals surface area contributed by atoms with Crippen molar-refractivity contribution in [1.29, 1.82) is 0 Å². The van der Waals surface area contributed by atoms with E-state index in [0.29, 0.717) is 13.1 Å². The van der Waals surface area contributed by atoms with Gasteiger partial charge in [0.2, 0.25) is 0 Å². The molecule has 0 radical (unpaired) electrons. The van der Waals surface area contributed by atoms with Crippen LogP contribution < -0.4 is 5.32 Å². The Morgan fingerprint density at radius 3 is 2.75 bits per heavy atom. The van der Waals surface area contributed by atoms with Crippen LogP contribution in [0.5, 0.6) is 0 Å². The van der Waals surface area contributed by atoms with Crippen LogP contribution in [0.4, 0.5) is 4.79 Å². The van der Waals surface area contributed by atoms with Crippen molar-refractivity contribution < 1.29 is 4.79 Å². The summed E-state index contributed by atoms with van der Waals surface area (Å²) in [5, 5.41) is 12.8. The summed E-state index contributed by atoms with van der Waals surface area (Å²) >= 11 is 1.48. The molecule has 0 aliphatic carbocycles. The number of urea groups is 1. The van der Waals surface area contributed by atoms with Gasteiger partial charge in [-0.25, -0.2) is 4.79 Å². The second-order valence-electron chi connectivity index (χ2n) is 5.24. The van der Waals surface area contributed by atoms with Gasteiger partial charge in [0.05, 0.1) is 6.54 Å². The molecule has 3 aromatic rings. The molecule has 1 aromatic carbocycles. The highest BCUT2D eigenvalue weighted by atomic mass is 32.1. The number of hydrogen-bond donors (Lipinski definition) is 1. The molecule has 0 atom stereocenters. The van der Waals surface area contributed by atoms with Crippen LogP contribution in [0, 0.1) is 0 Å². The lowest BCUT2D eigenvalue weighted by atomic mass is 10.2. The first-order valence-electron chi connectivity index (χ1n) is 7.48. The van der Waals surface area contributed by atoms with Gasteiger partial charge in [0.15, 0.2) is 0 Å². The van der Waals surface area contributed by atoms with E-state index in [9.17, 15) is 4.79 Å². The number of benzene rings is 1. The molecule has 122 valence electrons. The molecule has 0 bridgehead atoms. The van der Waals surface area contributed by atoms with Gasteiger partial charge < -0.3 is 10.2 Å². The number of nitrogens with one attached hydrogen (secondary N) is 1. The number of aromatic nitrogens is 3. The third-order valence-electron chi connectivity index (χ3n) is 3.37. The number of hydrogen-bond acceptors (Lipinski definition) is 5. The molecule has 2 aromatic heterocycles. The van der Waals surface area contributed by atoms with Gasteiger partial charge >= 0.3 is 6.03 Å². The third-order valence-corrected chi connectivity index (χ3v) is 4.34. The smallest absolute Gasteiger partial charge is 0.317 e. The first-order valence-corrected chi connectivity index (χ1v) is 8.29. The summed E-state index contributed by atoms with van der Waals surface area (Å²) in [5.41, 5.74) is 2.01. The van der Waals surface area contributed by atoms with Crippen molar-refractivity contribution in [2.24, 2.45) is 0 Å². The summed E-state index contributed by atoms with van der Waals surface area (Å²) in [4.78, 5) is 17.8. The molecule has 0 unspecified atom stereocenters. The number of amides is 2. The van der Waals surface area contributed by atoms with E-state index < -0.39 is 0 Å². The van der Waals surface area contributed by atoms with Gasteiger partial charge in [-0.15, -0.1) is 10.2 Å². The normalized spacial score (nSPS) is 10.4. The highest BCUT2D eigenvalue weighted by Gasteiger charge is 2.11. The fourth-order valence-corrected chi connectivity index (χ4v) is 2.93. The minimum Gasteiger partial charge on any atom is -0.331 e. The first kappa shape index (κ1) is 16.1. The molecule has 2 heterocycles. The van der Waals surface area contributed by atoms with Crippen molar-refractivity contribution in [3.05, 3.63) is 65.4 Å². The Hall–Kier alpha value is -2.80. The van der Waals surface area contributed by atoms with E-state index in [1.54, 1.807) is 24.3 Å². The lowest BCUT2D eigenvalue weighted by Gasteiger charge is -2.17. The van der Waals surface area contributed by atoms with Crippen LogP contribution in [0.15, 0.2) is 54.9 Å². The van der Waals surface area contributed by atoms with E-state index in [2.05, 4.69) is 20.5 Å². The summed E-state index contributed by atoms with van der Waals surface area (Å²) in [5.74, 6) is 0.